The molecule has 3 fully saturated rings. The molecule has 5 nitrogen and oxygen atoms in total. The van der Waals surface area contributed by atoms with Crippen LogP contribution >= 0.6 is 0 Å². The van der Waals surface area contributed by atoms with Gasteiger partial charge in [-0.05, 0) is 42.0 Å². The lowest BCUT2D eigenvalue weighted by molar-refractivity contribution is -0.152. The molecule has 4 atom stereocenters. The average molecular weight is 331 g/mol. The number of nitrogens with zero attached hydrogens (tertiary/aromatic N) is 1. The Morgan fingerprint density at radius 3 is 2.71 bits per heavy atom. The fourth-order valence-corrected chi connectivity index (χ4v) is 4.80. The summed E-state index contributed by atoms with van der Waals surface area (Å²) in [5.74, 6) is 2.75. The lowest BCUT2D eigenvalue weighted by atomic mass is 9.44. The molecule has 0 amide bonds. The van der Waals surface area contributed by atoms with E-state index in [1.165, 1.54) is 24.7 Å². The van der Waals surface area contributed by atoms with Crippen LogP contribution in [-0.2, 0) is 18.9 Å². The number of fused-ring (bicyclic) bond motifs is 2. The fraction of sp³-hybridized carbons (Fsp3) is 0.667. The molecule has 0 aromatic rings. The predicted octanol–water partition coefficient (Wildman–Crippen LogP) is 2.23. The molecule has 3 aliphatic carbocycles. The van der Waals surface area contributed by atoms with E-state index in [2.05, 4.69) is 27.4 Å². The summed E-state index contributed by atoms with van der Waals surface area (Å²) < 4.78 is 10.4. The zero-order chi connectivity index (χ0) is 17.5. The maximum atomic E-state index is 12.2. The molecular weight excluding hydrogens is 305 g/mol. The van der Waals surface area contributed by atoms with Crippen LogP contribution in [0.4, 0.5) is 0 Å². The molecule has 130 valence electrons. The van der Waals surface area contributed by atoms with E-state index in [1.54, 1.807) is 0 Å². The van der Waals surface area contributed by atoms with Crippen LogP contribution in [0.1, 0.15) is 33.6 Å². The minimum absolute atomic E-state index is 0.0572. The van der Waals surface area contributed by atoms with E-state index in [4.69, 9.17) is 9.31 Å². The van der Waals surface area contributed by atoms with Gasteiger partial charge in [0.1, 0.15) is 0 Å². The molecule has 24 heavy (non-hydrogen) atoms. The SMILES string of the molecule is C=CB1O/C=C\C(=O)CN([C@H]2C[C@@H]3C[C@H]([C@H]2C)C3(C)C)CC(=O)O1. The van der Waals surface area contributed by atoms with E-state index >= 15 is 0 Å². The lowest BCUT2D eigenvalue weighted by Crippen LogP contribution is -2.61. The van der Waals surface area contributed by atoms with E-state index in [0.29, 0.717) is 23.2 Å². The Labute approximate surface area is 144 Å². The number of carbonyl (C=O) groups is 2. The molecule has 1 heterocycles. The van der Waals surface area contributed by atoms with Gasteiger partial charge in [0.05, 0.1) is 19.4 Å². The molecule has 4 aliphatic rings. The molecule has 0 aromatic heterocycles. The fourth-order valence-electron chi connectivity index (χ4n) is 4.80. The van der Waals surface area contributed by atoms with Gasteiger partial charge in [0.15, 0.2) is 5.78 Å². The van der Waals surface area contributed by atoms with Gasteiger partial charge in [-0.1, -0.05) is 20.8 Å². The van der Waals surface area contributed by atoms with Gasteiger partial charge in [-0.25, -0.2) is 0 Å². The highest BCUT2D eigenvalue weighted by molar-refractivity contribution is 6.52. The Morgan fingerprint density at radius 2 is 2.08 bits per heavy atom. The van der Waals surface area contributed by atoms with Crippen LogP contribution < -0.4 is 0 Å². The largest absolute Gasteiger partial charge is 0.625 e. The number of hydrogen-bond acceptors (Lipinski definition) is 5. The molecule has 3 saturated carbocycles. The molecule has 2 bridgehead atoms. The number of ketones is 1. The quantitative estimate of drug-likeness (QED) is 0.727. The van der Waals surface area contributed by atoms with Crippen LogP contribution in [0.3, 0.4) is 0 Å². The second-order valence-corrected chi connectivity index (χ2v) is 7.93. The zero-order valence-electron chi connectivity index (χ0n) is 14.7. The minimum Gasteiger partial charge on any atom is -0.528 e. The third kappa shape index (κ3) is 3.04. The Bertz CT molecular complexity index is 573. The van der Waals surface area contributed by atoms with Crippen LogP contribution in [-0.4, -0.2) is 42.9 Å². The van der Waals surface area contributed by atoms with Crippen molar-refractivity contribution in [3.05, 3.63) is 24.9 Å². The van der Waals surface area contributed by atoms with Crippen molar-refractivity contribution in [3.63, 3.8) is 0 Å². The van der Waals surface area contributed by atoms with Gasteiger partial charge >= 0.3 is 13.1 Å². The second-order valence-electron chi connectivity index (χ2n) is 7.93. The topological polar surface area (TPSA) is 55.8 Å². The van der Waals surface area contributed by atoms with Crippen molar-refractivity contribution in [1.29, 1.82) is 0 Å². The number of hydrogen-bond donors (Lipinski definition) is 0. The van der Waals surface area contributed by atoms with Crippen molar-refractivity contribution in [3.8, 4) is 0 Å². The average Bonchev–Trinajstić information content (AvgIpc) is 2.52. The molecule has 1 aliphatic heterocycles. The zero-order valence-corrected chi connectivity index (χ0v) is 14.7. The van der Waals surface area contributed by atoms with Crippen LogP contribution in [0, 0.1) is 23.2 Å². The smallest absolute Gasteiger partial charge is 0.528 e. The maximum Gasteiger partial charge on any atom is 0.625 e. The number of rotatable bonds is 2. The Kier molecular flexibility index (Phi) is 4.60. The Balaban J connectivity index is 1.77. The molecule has 0 aromatic carbocycles. The minimum atomic E-state index is -0.849. The first-order valence-corrected chi connectivity index (χ1v) is 8.74. The summed E-state index contributed by atoms with van der Waals surface area (Å²) in [7, 11) is -0.849. The van der Waals surface area contributed by atoms with Gasteiger partial charge in [0, 0.05) is 12.1 Å². The van der Waals surface area contributed by atoms with E-state index in [-0.39, 0.29) is 30.9 Å². The highest BCUT2D eigenvalue weighted by Crippen LogP contribution is 2.61. The van der Waals surface area contributed by atoms with Crippen LogP contribution in [0.25, 0.3) is 0 Å². The standard InChI is InChI=1S/C18H26BNO4/c1-5-19-23-7-6-14(21)10-20(11-17(22)24-19)16-9-13-8-15(12(16)2)18(13,3)4/h5-7,12-13,15-16H,1,8-11H2,2-4H3/b7-6-/t12-,13+,15-,16+/m1/s1. The highest BCUT2D eigenvalue weighted by atomic mass is 16.6. The van der Waals surface area contributed by atoms with Crippen molar-refractivity contribution in [2.45, 2.75) is 39.7 Å². The van der Waals surface area contributed by atoms with Gasteiger partial charge in [0.25, 0.3) is 0 Å². The van der Waals surface area contributed by atoms with E-state index in [9.17, 15) is 9.59 Å². The molecule has 0 spiro atoms. The molecule has 0 radical (unpaired) electrons. The summed E-state index contributed by atoms with van der Waals surface area (Å²) in [5.41, 5.74) is 0.374. The summed E-state index contributed by atoms with van der Waals surface area (Å²) in [5, 5.41) is 0. The molecule has 6 heteroatoms. The summed E-state index contributed by atoms with van der Waals surface area (Å²) in [6.45, 7) is 10.9. The summed E-state index contributed by atoms with van der Waals surface area (Å²) in [6, 6.07) is 0.245. The predicted molar refractivity (Wildman–Crippen MR) is 91.8 cm³/mol. The molecule has 0 N–H and O–H groups in total. The van der Waals surface area contributed by atoms with Crippen LogP contribution in [0.2, 0.25) is 0 Å². The van der Waals surface area contributed by atoms with Gasteiger partial charge < -0.3 is 9.31 Å². The van der Waals surface area contributed by atoms with Gasteiger partial charge in [-0.3, -0.25) is 14.5 Å². The van der Waals surface area contributed by atoms with Crippen molar-refractivity contribution >= 4 is 18.9 Å². The second kappa shape index (κ2) is 6.39. The molecular formula is C18H26BNO4. The first kappa shape index (κ1) is 17.3. The van der Waals surface area contributed by atoms with E-state index in [0.717, 1.165) is 6.42 Å². The van der Waals surface area contributed by atoms with Gasteiger partial charge in [0.2, 0.25) is 0 Å². The first-order valence-electron chi connectivity index (χ1n) is 8.74. The summed E-state index contributed by atoms with van der Waals surface area (Å²) >= 11 is 0. The third-order valence-corrected chi connectivity index (χ3v) is 6.38. The Hall–Kier alpha value is -1.56. The van der Waals surface area contributed by atoms with E-state index in [1.807, 2.05) is 4.90 Å². The first-order chi connectivity index (χ1) is 11.3. The normalized spacial score (nSPS) is 37.7. The van der Waals surface area contributed by atoms with Crippen LogP contribution in [0.15, 0.2) is 24.9 Å². The van der Waals surface area contributed by atoms with E-state index < -0.39 is 7.12 Å². The third-order valence-electron chi connectivity index (χ3n) is 6.38. The summed E-state index contributed by atoms with van der Waals surface area (Å²) in [6.07, 6.45) is 5.00. The molecule has 4 rings (SSSR count). The highest BCUT2D eigenvalue weighted by Gasteiger charge is 2.57. The van der Waals surface area contributed by atoms with Crippen molar-refractivity contribution in [1.82, 2.24) is 4.90 Å². The van der Waals surface area contributed by atoms with Crippen molar-refractivity contribution < 1.29 is 18.9 Å². The van der Waals surface area contributed by atoms with Gasteiger partial charge in [-0.2, -0.15) is 0 Å². The van der Waals surface area contributed by atoms with Crippen LogP contribution in [0.5, 0.6) is 0 Å². The maximum absolute atomic E-state index is 12.2. The Morgan fingerprint density at radius 1 is 1.33 bits per heavy atom. The van der Waals surface area contributed by atoms with Gasteiger partial charge in [-0.15, -0.1) is 6.58 Å². The van der Waals surface area contributed by atoms with Crippen molar-refractivity contribution in [2.24, 2.45) is 23.2 Å². The lowest BCUT2D eigenvalue weighted by Gasteiger charge is -2.63. The number of carbonyl (C=O) groups excluding carboxylic acids is 2. The van der Waals surface area contributed by atoms with Crippen molar-refractivity contribution in [2.75, 3.05) is 13.1 Å². The molecule has 0 saturated heterocycles. The molecule has 0 unspecified atom stereocenters. The monoisotopic (exact) mass is 331 g/mol. The summed E-state index contributed by atoms with van der Waals surface area (Å²) in [4.78, 5) is 26.4.